The van der Waals surface area contributed by atoms with Crippen molar-refractivity contribution in [3.63, 3.8) is 0 Å². The quantitative estimate of drug-likeness (QED) is 0.860. The van der Waals surface area contributed by atoms with Crippen LogP contribution in [0.1, 0.15) is 45.1 Å². The molecule has 1 N–H and O–H groups in total. The van der Waals surface area contributed by atoms with Crippen LogP contribution >= 0.6 is 11.6 Å². The van der Waals surface area contributed by atoms with Gasteiger partial charge in [-0.05, 0) is 60.8 Å². The van der Waals surface area contributed by atoms with E-state index >= 15 is 0 Å². The number of rotatable bonds is 3. The van der Waals surface area contributed by atoms with Crippen LogP contribution < -0.4 is 0 Å². The molecule has 0 aliphatic heterocycles. The second-order valence-electron chi connectivity index (χ2n) is 6.51. The van der Waals surface area contributed by atoms with Crippen molar-refractivity contribution in [3.05, 3.63) is 34.6 Å². The zero-order valence-electron chi connectivity index (χ0n) is 11.6. The molecule has 106 valence electrons. The normalized spacial score (nSPS) is 21.3. The molecule has 0 saturated heterocycles. The Hall–Kier alpha value is -0.600. The molecule has 1 aliphatic carbocycles. The van der Waals surface area contributed by atoms with Gasteiger partial charge in [0.1, 0.15) is 5.82 Å². The molecule has 0 bridgehead atoms. The van der Waals surface area contributed by atoms with E-state index in [1.54, 1.807) is 6.07 Å². The van der Waals surface area contributed by atoms with Crippen LogP contribution in [0, 0.1) is 17.2 Å². The van der Waals surface area contributed by atoms with Crippen molar-refractivity contribution in [2.75, 3.05) is 0 Å². The Morgan fingerprint density at radius 3 is 2.63 bits per heavy atom. The predicted molar refractivity (Wildman–Crippen MR) is 76.9 cm³/mol. The first kappa shape index (κ1) is 14.8. The Labute approximate surface area is 119 Å². The zero-order valence-corrected chi connectivity index (χ0v) is 12.4. The first-order valence-corrected chi connectivity index (χ1v) is 7.37. The molecule has 1 aliphatic rings. The predicted octanol–water partition coefficient (Wildman–Crippen LogP) is 4.60. The molecular weight excluding hydrogens is 263 g/mol. The number of aliphatic hydroxyl groups is 1. The van der Waals surface area contributed by atoms with Gasteiger partial charge in [-0.3, -0.25) is 0 Å². The Kier molecular flexibility index (Phi) is 4.52. The SMILES string of the molecule is CC1(C)CCC(C(O)Cc2cc(Cl)ccc2F)CC1. The van der Waals surface area contributed by atoms with Gasteiger partial charge in [0, 0.05) is 11.4 Å². The summed E-state index contributed by atoms with van der Waals surface area (Å²) in [5, 5.41) is 10.8. The lowest BCUT2D eigenvalue weighted by Gasteiger charge is -2.36. The van der Waals surface area contributed by atoms with Crippen LogP contribution in [0.5, 0.6) is 0 Å². The molecule has 0 radical (unpaired) electrons. The van der Waals surface area contributed by atoms with Gasteiger partial charge in [-0.1, -0.05) is 25.4 Å². The van der Waals surface area contributed by atoms with Gasteiger partial charge in [-0.15, -0.1) is 0 Å². The van der Waals surface area contributed by atoms with Crippen molar-refractivity contribution in [2.24, 2.45) is 11.3 Å². The largest absolute Gasteiger partial charge is 0.392 e. The standard InChI is InChI=1S/C16H22ClFO/c1-16(2)7-5-11(6-8-16)15(19)10-12-9-13(17)3-4-14(12)18/h3-4,9,11,15,19H,5-8,10H2,1-2H3. The summed E-state index contributed by atoms with van der Waals surface area (Å²) >= 11 is 5.88. The summed E-state index contributed by atoms with van der Waals surface area (Å²) in [6.45, 7) is 4.54. The fraction of sp³-hybridized carbons (Fsp3) is 0.625. The molecule has 1 atom stereocenters. The molecule has 19 heavy (non-hydrogen) atoms. The van der Waals surface area contributed by atoms with Crippen LogP contribution in [0.2, 0.25) is 5.02 Å². The smallest absolute Gasteiger partial charge is 0.126 e. The third-order valence-corrected chi connectivity index (χ3v) is 4.60. The fourth-order valence-electron chi connectivity index (χ4n) is 2.90. The van der Waals surface area contributed by atoms with Crippen LogP contribution in [0.4, 0.5) is 4.39 Å². The topological polar surface area (TPSA) is 20.2 Å². The molecule has 1 saturated carbocycles. The molecule has 0 amide bonds. The number of hydrogen-bond acceptors (Lipinski definition) is 1. The molecule has 1 nitrogen and oxygen atoms in total. The summed E-state index contributed by atoms with van der Waals surface area (Å²) in [7, 11) is 0. The van der Waals surface area contributed by atoms with Crippen LogP contribution in [0.25, 0.3) is 0 Å². The van der Waals surface area contributed by atoms with Crippen molar-refractivity contribution < 1.29 is 9.50 Å². The minimum atomic E-state index is -0.468. The molecule has 3 heteroatoms. The molecule has 0 spiro atoms. The summed E-state index contributed by atoms with van der Waals surface area (Å²) in [5.41, 5.74) is 0.905. The van der Waals surface area contributed by atoms with E-state index in [0.717, 1.165) is 25.7 Å². The van der Waals surface area contributed by atoms with Crippen molar-refractivity contribution >= 4 is 11.6 Å². The minimum Gasteiger partial charge on any atom is -0.392 e. The van der Waals surface area contributed by atoms with E-state index in [4.69, 9.17) is 11.6 Å². The highest BCUT2D eigenvalue weighted by atomic mass is 35.5. The van der Waals surface area contributed by atoms with Gasteiger partial charge in [-0.25, -0.2) is 4.39 Å². The maximum Gasteiger partial charge on any atom is 0.126 e. The number of aliphatic hydroxyl groups excluding tert-OH is 1. The highest BCUT2D eigenvalue weighted by Gasteiger charge is 2.30. The summed E-state index contributed by atoms with van der Waals surface area (Å²) in [5.74, 6) is 0.00555. The van der Waals surface area contributed by atoms with E-state index in [-0.39, 0.29) is 11.7 Å². The molecule has 1 unspecified atom stereocenters. The van der Waals surface area contributed by atoms with Crippen molar-refractivity contribution in [1.29, 1.82) is 0 Å². The maximum atomic E-state index is 13.7. The average Bonchev–Trinajstić information content (AvgIpc) is 2.33. The number of halogens is 2. The van der Waals surface area contributed by atoms with Crippen LogP contribution in [0.15, 0.2) is 18.2 Å². The Bertz CT molecular complexity index is 434. The lowest BCUT2D eigenvalue weighted by atomic mass is 9.71. The summed E-state index contributed by atoms with van der Waals surface area (Å²) in [4.78, 5) is 0. The van der Waals surface area contributed by atoms with Gasteiger partial charge in [0.25, 0.3) is 0 Å². The second-order valence-corrected chi connectivity index (χ2v) is 6.95. The van der Waals surface area contributed by atoms with Gasteiger partial charge in [0.15, 0.2) is 0 Å². The lowest BCUT2D eigenvalue weighted by molar-refractivity contribution is 0.0571. The molecule has 1 fully saturated rings. The highest BCUT2D eigenvalue weighted by molar-refractivity contribution is 6.30. The number of benzene rings is 1. The fourth-order valence-corrected chi connectivity index (χ4v) is 3.09. The Balaban J connectivity index is 1.98. The molecular formula is C16H22ClFO. The highest BCUT2D eigenvalue weighted by Crippen LogP contribution is 2.39. The Morgan fingerprint density at radius 2 is 2.00 bits per heavy atom. The maximum absolute atomic E-state index is 13.7. The third kappa shape index (κ3) is 3.93. The van der Waals surface area contributed by atoms with Gasteiger partial charge < -0.3 is 5.11 Å². The van der Waals surface area contributed by atoms with E-state index in [1.165, 1.54) is 12.1 Å². The summed E-state index contributed by atoms with van der Waals surface area (Å²) in [6, 6.07) is 4.52. The summed E-state index contributed by atoms with van der Waals surface area (Å²) in [6.07, 6.45) is 4.20. The van der Waals surface area contributed by atoms with E-state index < -0.39 is 6.10 Å². The Morgan fingerprint density at radius 1 is 1.37 bits per heavy atom. The first-order chi connectivity index (χ1) is 8.87. The third-order valence-electron chi connectivity index (χ3n) is 4.36. The van der Waals surface area contributed by atoms with E-state index in [9.17, 15) is 9.50 Å². The van der Waals surface area contributed by atoms with E-state index in [1.807, 2.05) is 0 Å². The second kappa shape index (κ2) is 5.80. The van der Waals surface area contributed by atoms with Gasteiger partial charge in [0.05, 0.1) is 6.10 Å². The van der Waals surface area contributed by atoms with Gasteiger partial charge in [-0.2, -0.15) is 0 Å². The summed E-state index contributed by atoms with van der Waals surface area (Å²) < 4.78 is 13.7. The molecule has 1 aromatic rings. The monoisotopic (exact) mass is 284 g/mol. The van der Waals surface area contributed by atoms with Crippen molar-refractivity contribution in [2.45, 2.75) is 52.1 Å². The van der Waals surface area contributed by atoms with E-state index in [0.29, 0.717) is 22.4 Å². The molecule has 0 aromatic heterocycles. The molecule has 0 heterocycles. The minimum absolute atomic E-state index is 0.278. The van der Waals surface area contributed by atoms with E-state index in [2.05, 4.69) is 13.8 Å². The van der Waals surface area contributed by atoms with Crippen LogP contribution in [-0.4, -0.2) is 11.2 Å². The molecule has 1 aromatic carbocycles. The number of hydrogen-bond donors (Lipinski definition) is 1. The van der Waals surface area contributed by atoms with Crippen LogP contribution in [0.3, 0.4) is 0 Å². The van der Waals surface area contributed by atoms with Crippen LogP contribution in [-0.2, 0) is 6.42 Å². The molecule has 2 rings (SSSR count). The van der Waals surface area contributed by atoms with Gasteiger partial charge in [0.2, 0.25) is 0 Å². The van der Waals surface area contributed by atoms with Gasteiger partial charge >= 0.3 is 0 Å². The lowest BCUT2D eigenvalue weighted by Crippen LogP contribution is -2.30. The average molecular weight is 285 g/mol. The van der Waals surface area contributed by atoms with Crippen molar-refractivity contribution in [3.8, 4) is 0 Å². The van der Waals surface area contributed by atoms with Crippen molar-refractivity contribution in [1.82, 2.24) is 0 Å². The zero-order chi connectivity index (χ0) is 14.0. The first-order valence-electron chi connectivity index (χ1n) is 6.99.